The highest BCUT2D eigenvalue weighted by Crippen LogP contribution is 2.27. The smallest absolute Gasteiger partial charge is 0.272 e. The van der Waals surface area contributed by atoms with Crippen molar-refractivity contribution in [3.8, 4) is 0 Å². The molecular formula is C30H45N7O3S. The predicted molar refractivity (Wildman–Crippen MR) is 163 cm³/mol. The van der Waals surface area contributed by atoms with E-state index in [9.17, 15) is 13.2 Å². The van der Waals surface area contributed by atoms with E-state index in [-0.39, 0.29) is 11.9 Å². The summed E-state index contributed by atoms with van der Waals surface area (Å²) in [6.45, 7) is 9.87. The van der Waals surface area contributed by atoms with E-state index in [2.05, 4.69) is 49.4 Å². The zero-order chi connectivity index (χ0) is 29.1. The molecule has 1 amide bonds. The van der Waals surface area contributed by atoms with Gasteiger partial charge in [0, 0.05) is 63.1 Å². The number of likely N-dealkylation sites (tertiary alicyclic amines) is 2. The van der Waals surface area contributed by atoms with E-state index in [1.807, 2.05) is 24.8 Å². The lowest BCUT2D eigenvalue weighted by atomic mass is 9.97. The van der Waals surface area contributed by atoms with Crippen molar-refractivity contribution in [1.82, 2.24) is 24.1 Å². The van der Waals surface area contributed by atoms with Crippen LogP contribution in [0.1, 0.15) is 54.0 Å². The summed E-state index contributed by atoms with van der Waals surface area (Å²) in [5.41, 5.74) is 2.59. The number of carbonyl (C=O) groups is 1. The molecule has 5 rings (SSSR count). The van der Waals surface area contributed by atoms with E-state index in [0.717, 1.165) is 76.2 Å². The molecule has 1 atom stereocenters. The summed E-state index contributed by atoms with van der Waals surface area (Å²) in [7, 11) is -1.48. The van der Waals surface area contributed by atoms with Gasteiger partial charge in [0.05, 0.1) is 6.26 Å². The van der Waals surface area contributed by atoms with Crippen molar-refractivity contribution in [2.45, 2.75) is 58.0 Å². The van der Waals surface area contributed by atoms with Crippen molar-refractivity contribution < 1.29 is 13.2 Å². The normalized spacial score (nSPS) is 21.5. The number of aromatic nitrogens is 2. The number of nitrogens with zero attached hydrogens (tertiary/aromatic N) is 6. The number of para-hydroxylation sites is 1. The molecule has 1 aromatic heterocycles. The van der Waals surface area contributed by atoms with Crippen LogP contribution in [0.25, 0.3) is 0 Å². The van der Waals surface area contributed by atoms with E-state index in [0.29, 0.717) is 36.6 Å². The van der Waals surface area contributed by atoms with Gasteiger partial charge >= 0.3 is 0 Å². The Balaban J connectivity index is 1.13. The van der Waals surface area contributed by atoms with Crippen LogP contribution >= 0.6 is 0 Å². The maximum atomic E-state index is 13.6. The number of hydrogen-bond donors (Lipinski definition) is 1. The second-order valence-electron chi connectivity index (χ2n) is 12.0. The van der Waals surface area contributed by atoms with Gasteiger partial charge in [-0.05, 0) is 77.1 Å². The molecule has 224 valence electrons. The van der Waals surface area contributed by atoms with Crippen LogP contribution in [0.2, 0.25) is 0 Å². The van der Waals surface area contributed by atoms with Crippen LogP contribution in [0.4, 0.5) is 11.5 Å². The van der Waals surface area contributed by atoms with Crippen LogP contribution < -0.4 is 10.2 Å². The minimum atomic E-state index is -3.16. The molecule has 3 aliphatic heterocycles. The first-order valence-corrected chi connectivity index (χ1v) is 16.8. The first-order valence-electron chi connectivity index (χ1n) is 15.0. The number of carbonyl (C=O) groups excluding carboxylic acids is 1. The van der Waals surface area contributed by atoms with Gasteiger partial charge in [0.15, 0.2) is 0 Å². The highest BCUT2D eigenvalue weighted by atomic mass is 32.2. The molecule has 1 aromatic carbocycles. The second-order valence-corrected chi connectivity index (χ2v) is 14.0. The van der Waals surface area contributed by atoms with Crippen molar-refractivity contribution >= 4 is 27.4 Å². The Kier molecular flexibility index (Phi) is 9.15. The maximum Gasteiger partial charge on any atom is 0.272 e. The molecule has 2 aromatic rings. The van der Waals surface area contributed by atoms with E-state index in [4.69, 9.17) is 0 Å². The Labute approximate surface area is 245 Å². The van der Waals surface area contributed by atoms with Crippen LogP contribution in [0.5, 0.6) is 0 Å². The van der Waals surface area contributed by atoms with Gasteiger partial charge in [-0.25, -0.2) is 22.7 Å². The Morgan fingerprint density at radius 2 is 1.66 bits per heavy atom. The van der Waals surface area contributed by atoms with E-state index >= 15 is 0 Å². The molecule has 0 spiro atoms. The van der Waals surface area contributed by atoms with Gasteiger partial charge in [0.25, 0.3) is 5.91 Å². The fraction of sp³-hybridized carbons (Fsp3) is 0.633. The third kappa shape index (κ3) is 7.01. The molecule has 1 N–H and O–H groups in total. The molecule has 0 radical (unpaired) electrons. The second kappa shape index (κ2) is 12.6. The standard InChI is InChI=1S/C30H45N7O3S/c1-22-28(32-23(2)33-29(22)31-20-24-10-15-37(21-24)26-8-6-5-7-9-26)30(38)36-18-13-27(14-19-36)35-16-11-25(12-17-35)34(3)41(4,39)40/h5-9,24-25,27H,10-21H2,1-4H3,(H,31,32,33)/t24-/m1/s1. The van der Waals surface area contributed by atoms with Crippen LogP contribution in [0.15, 0.2) is 30.3 Å². The first-order chi connectivity index (χ1) is 19.6. The molecule has 0 bridgehead atoms. The Hall–Kier alpha value is -2.76. The van der Waals surface area contributed by atoms with Crippen LogP contribution in [-0.4, -0.2) is 110 Å². The molecule has 3 saturated heterocycles. The lowest BCUT2D eigenvalue weighted by molar-refractivity contribution is 0.0542. The van der Waals surface area contributed by atoms with Gasteiger partial charge in [0.1, 0.15) is 17.3 Å². The Bertz CT molecular complexity index is 1310. The van der Waals surface area contributed by atoms with Gasteiger partial charge in [-0.15, -0.1) is 0 Å². The zero-order valence-corrected chi connectivity index (χ0v) is 25.7. The molecular weight excluding hydrogens is 538 g/mol. The molecule has 3 fully saturated rings. The predicted octanol–water partition coefficient (Wildman–Crippen LogP) is 2.99. The number of aryl methyl sites for hydroxylation is 1. The van der Waals surface area contributed by atoms with Gasteiger partial charge in [-0.3, -0.25) is 4.79 Å². The summed E-state index contributed by atoms with van der Waals surface area (Å²) < 4.78 is 25.3. The summed E-state index contributed by atoms with van der Waals surface area (Å²) >= 11 is 0. The number of nitrogens with one attached hydrogen (secondary N) is 1. The van der Waals surface area contributed by atoms with Gasteiger partial charge in [-0.1, -0.05) is 18.2 Å². The number of anilines is 2. The molecule has 0 saturated carbocycles. The Morgan fingerprint density at radius 1 is 0.976 bits per heavy atom. The molecule has 3 aliphatic rings. The summed E-state index contributed by atoms with van der Waals surface area (Å²) in [4.78, 5) is 29.7. The number of piperidine rings is 2. The fourth-order valence-corrected chi connectivity index (χ4v) is 7.34. The van der Waals surface area contributed by atoms with E-state index in [1.54, 1.807) is 7.05 Å². The number of amides is 1. The maximum absolute atomic E-state index is 13.6. The van der Waals surface area contributed by atoms with Crippen molar-refractivity contribution in [3.05, 3.63) is 47.4 Å². The summed E-state index contributed by atoms with van der Waals surface area (Å²) in [6, 6.07) is 11.0. The lowest BCUT2D eigenvalue weighted by Crippen LogP contribution is -2.52. The largest absolute Gasteiger partial charge is 0.371 e. The average molecular weight is 584 g/mol. The van der Waals surface area contributed by atoms with Crippen LogP contribution in [-0.2, 0) is 10.0 Å². The van der Waals surface area contributed by atoms with Crippen LogP contribution in [0.3, 0.4) is 0 Å². The number of hydrogen-bond acceptors (Lipinski definition) is 8. The highest BCUT2D eigenvalue weighted by Gasteiger charge is 2.33. The number of benzene rings is 1. The van der Waals surface area contributed by atoms with Crippen molar-refractivity contribution in [3.63, 3.8) is 0 Å². The first kappa shape index (κ1) is 29.7. The average Bonchev–Trinajstić information content (AvgIpc) is 3.46. The van der Waals surface area contributed by atoms with Gasteiger partial charge in [0.2, 0.25) is 10.0 Å². The lowest BCUT2D eigenvalue weighted by Gasteiger charge is -2.43. The van der Waals surface area contributed by atoms with Gasteiger partial charge in [-0.2, -0.15) is 0 Å². The number of sulfonamides is 1. The molecule has 4 heterocycles. The minimum absolute atomic E-state index is 0.0147. The van der Waals surface area contributed by atoms with Crippen LogP contribution in [0, 0.1) is 19.8 Å². The SMILES string of the molecule is Cc1nc(NC[C@H]2CCN(c3ccccc3)C2)c(C)c(C(=O)N2CCC(N3CCC(N(C)S(C)(=O)=O)CC3)CC2)n1. The zero-order valence-electron chi connectivity index (χ0n) is 24.9. The summed E-state index contributed by atoms with van der Waals surface area (Å²) in [5.74, 6) is 1.87. The highest BCUT2D eigenvalue weighted by molar-refractivity contribution is 7.88. The summed E-state index contributed by atoms with van der Waals surface area (Å²) in [5, 5.41) is 3.54. The van der Waals surface area contributed by atoms with Crippen molar-refractivity contribution in [2.75, 3.05) is 69.3 Å². The third-order valence-corrected chi connectivity index (χ3v) is 10.6. The fourth-order valence-electron chi connectivity index (χ4n) is 6.59. The van der Waals surface area contributed by atoms with Crippen molar-refractivity contribution in [1.29, 1.82) is 0 Å². The minimum Gasteiger partial charge on any atom is -0.371 e. The topological polar surface area (TPSA) is 102 Å². The van der Waals surface area contributed by atoms with Gasteiger partial charge < -0.3 is 20.0 Å². The molecule has 10 nitrogen and oxygen atoms in total. The van der Waals surface area contributed by atoms with E-state index < -0.39 is 10.0 Å². The monoisotopic (exact) mass is 583 g/mol. The molecule has 0 aliphatic carbocycles. The van der Waals surface area contributed by atoms with E-state index in [1.165, 1.54) is 16.2 Å². The molecule has 41 heavy (non-hydrogen) atoms. The molecule has 0 unspecified atom stereocenters. The quantitative estimate of drug-likeness (QED) is 0.506. The van der Waals surface area contributed by atoms with Crippen molar-refractivity contribution in [2.24, 2.45) is 5.92 Å². The number of rotatable bonds is 8. The molecule has 11 heteroatoms. The summed E-state index contributed by atoms with van der Waals surface area (Å²) in [6.07, 6.45) is 5.95. The third-order valence-electron chi connectivity index (χ3n) is 9.23. The Morgan fingerprint density at radius 3 is 2.32 bits per heavy atom.